The number of carboxylic acids is 1. The molecule has 10 nitrogen and oxygen atoms in total. The molecule has 1 amide bonds. The van der Waals surface area contributed by atoms with Crippen LogP contribution in [0.4, 0.5) is 5.82 Å². The van der Waals surface area contributed by atoms with Crippen molar-refractivity contribution in [2.24, 2.45) is 11.8 Å². The van der Waals surface area contributed by atoms with Crippen molar-refractivity contribution in [3.63, 3.8) is 0 Å². The molecule has 0 spiro atoms. The van der Waals surface area contributed by atoms with Gasteiger partial charge in [-0.1, -0.05) is 37.3 Å². The number of anilines is 1. The van der Waals surface area contributed by atoms with Gasteiger partial charge >= 0.3 is 5.97 Å². The van der Waals surface area contributed by atoms with Crippen molar-refractivity contribution in [1.29, 1.82) is 0 Å². The summed E-state index contributed by atoms with van der Waals surface area (Å²) in [5.41, 5.74) is 3.02. The van der Waals surface area contributed by atoms with Crippen molar-refractivity contribution in [3.05, 3.63) is 90.9 Å². The van der Waals surface area contributed by atoms with Crippen LogP contribution in [0.15, 0.2) is 85.3 Å². The molecular formula is C32H32N6O4. The third-order valence-corrected chi connectivity index (χ3v) is 7.80. The van der Waals surface area contributed by atoms with Crippen LogP contribution >= 0.6 is 0 Å². The molecule has 1 saturated carbocycles. The fourth-order valence-corrected chi connectivity index (χ4v) is 5.42. The molecule has 0 aliphatic heterocycles. The average molecular weight is 565 g/mol. The van der Waals surface area contributed by atoms with Crippen molar-refractivity contribution in [3.8, 4) is 22.7 Å². The number of carbonyl (C=O) groups excluding carboxylic acids is 1. The maximum absolute atomic E-state index is 13.9. The second-order valence-electron chi connectivity index (χ2n) is 10.7. The summed E-state index contributed by atoms with van der Waals surface area (Å²) in [5, 5.41) is 19.3. The molecule has 10 heteroatoms. The minimum atomic E-state index is -1.15. The third-order valence-electron chi connectivity index (χ3n) is 7.80. The van der Waals surface area contributed by atoms with Crippen LogP contribution in [0.25, 0.3) is 22.6 Å². The Kier molecular flexibility index (Phi) is 7.68. The predicted octanol–water partition coefficient (Wildman–Crippen LogP) is 5.52. The SMILES string of the molecule is CC1CCC(C(=O)N(CCOc2ccccc2)c2nn(-c3ccc(-c4cc5ncccn5n4)cc3)cc2C(=O)O)CC1. The van der Waals surface area contributed by atoms with Crippen LogP contribution in [0.1, 0.15) is 43.0 Å². The van der Waals surface area contributed by atoms with Crippen molar-refractivity contribution in [2.75, 3.05) is 18.1 Å². The lowest BCUT2D eigenvalue weighted by atomic mass is 9.82. The topological polar surface area (TPSA) is 115 Å². The van der Waals surface area contributed by atoms with Gasteiger partial charge in [0.05, 0.1) is 17.9 Å². The van der Waals surface area contributed by atoms with Crippen molar-refractivity contribution in [2.45, 2.75) is 32.6 Å². The first-order valence-corrected chi connectivity index (χ1v) is 14.2. The Hall–Kier alpha value is -4.99. The molecule has 0 atom stereocenters. The first-order valence-electron chi connectivity index (χ1n) is 14.2. The molecule has 1 aliphatic carbocycles. The highest BCUT2D eigenvalue weighted by molar-refractivity contribution is 6.01. The van der Waals surface area contributed by atoms with E-state index >= 15 is 0 Å². The zero-order chi connectivity index (χ0) is 29.1. The highest BCUT2D eigenvalue weighted by Crippen LogP contribution is 2.32. The lowest BCUT2D eigenvalue weighted by molar-refractivity contribution is -0.123. The lowest BCUT2D eigenvalue weighted by Gasteiger charge is -2.30. The van der Waals surface area contributed by atoms with Gasteiger partial charge in [0, 0.05) is 36.1 Å². The number of aromatic carboxylic acids is 1. The van der Waals surface area contributed by atoms with E-state index in [9.17, 15) is 14.7 Å². The minimum absolute atomic E-state index is 0.0391. The molecule has 214 valence electrons. The maximum Gasteiger partial charge on any atom is 0.341 e. The summed E-state index contributed by atoms with van der Waals surface area (Å²) in [6.07, 6.45) is 8.52. The van der Waals surface area contributed by atoms with E-state index in [1.165, 1.54) is 15.8 Å². The van der Waals surface area contributed by atoms with E-state index in [0.29, 0.717) is 17.4 Å². The fourth-order valence-electron chi connectivity index (χ4n) is 5.42. The van der Waals surface area contributed by atoms with Gasteiger partial charge in [0.15, 0.2) is 11.5 Å². The Balaban J connectivity index is 1.29. The number of carbonyl (C=O) groups is 2. The van der Waals surface area contributed by atoms with Gasteiger partial charge in [0.25, 0.3) is 0 Å². The van der Waals surface area contributed by atoms with Crippen LogP contribution in [-0.2, 0) is 4.79 Å². The minimum Gasteiger partial charge on any atom is -0.492 e. The van der Waals surface area contributed by atoms with Gasteiger partial charge in [-0.15, -0.1) is 5.10 Å². The summed E-state index contributed by atoms with van der Waals surface area (Å²) >= 11 is 0. The van der Waals surface area contributed by atoms with E-state index in [1.54, 1.807) is 10.7 Å². The smallest absolute Gasteiger partial charge is 0.341 e. The molecule has 1 aliphatic rings. The quantitative estimate of drug-likeness (QED) is 0.251. The average Bonchev–Trinajstić information content (AvgIpc) is 3.66. The number of amides is 1. The number of hydrogen-bond acceptors (Lipinski definition) is 6. The fraction of sp³-hybridized carbons (Fsp3) is 0.281. The van der Waals surface area contributed by atoms with Crippen LogP contribution in [-0.4, -0.2) is 54.5 Å². The standard InChI is InChI=1S/C32H32N6O4/c1-22-8-10-24(11-9-22)31(39)36(18-19-42-26-6-3-2-4-7-26)30-27(32(40)41)21-38(35-30)25-14-12-23(13-15-25)28-20-29-33-16-5-17-37(29)34-28/h2-7,12-17,20-22,24H,8-11,18-19H2,1H3,(H,40,41). The van der Waals surface area contributed by atoms with E-state index in [1.807, 2.05) is 72.9 Å². The van der Waals surface area contributed by atoms with E-state index in [-0.39, 0.29) is 36.4 Å². The summed E-state index contributed by atoms with van der Waals surface area (Å²) in [5.74, 6) is -0.0483. The zero-order valence-corrected chi connectivity index (χ0v) is 23.3. The first-order chi connectivity index (χ1) is 20.5. The molecule has 3 aromatic heterocycles. The summed E-state index contributed by atoms with van der Waals surface area (Å²) in [6.45, 7) is 2.58. The van der Waals surface area contributed by atoms with Crippen molar-refractivity contribution < 1.29 is 19.4 Å². The number of aromatic nitrogens is 5. The molecular weight excluding hydrogens is 532 g/mol. The number of fused-ring (bicyclic) bond motifs is 1. The molecule has 1 fully saturated rings. The summed E-state index contributed by atoms with van der Waals surface area (Å²) in [7, 11) is 0. The van der Waals surface area contributed by atoms with Gasteiger partial charge in [-0.25, -0.2) is 19.0 Å². The van der Waals surface area contributed by atoms with Crippen LogP contribution < -0.4 is 9.64 Å². The first kappa shape index (κ1) is 27.2. The van der Waals surface area contributed by atoms with Crippen molar-refractivity contribution in [1.82, 2.24) is 24.4 Å². The molecule has 0 saturated heterocycles. The third kappa shape index (κ3) is 5.74. The Morgan fingerprint density at radius 1 is 1.00 bits per heavy atom. The van der Waals surface area contributed by atoms with E-state index < -0.39 is 5.97 Å². The monoisotopic (exact) mass is 564 g/mol. The summed E-state index contributed by atoms with van der Waals surface area (Å²) in [4.78, 5) is 32.1. The molecule has 42 heavy (non-hydrogen) atoms. The summed E-state index contributed by atoms with van der Waals surface area (Å²) < 4.78 is 9.11. The number of rotatable bonds is 9. The van der Waals surface area contributed by atoms with Crippen LogP contribution in [0, 0.1) is 11.8 Å². The van der Waals surface area contributed by atoms with Gasteiger partial charge in [-0.3, -0.25) is 9.69 Å². The summed E-state index contributed by atoms with van der Waals surface area (Å²) in [6, 6.07) is 20.6. The van der Waals surface area contributed by atoms with Crippen molar-refractivity contribution >= 4 is 23.3 Å². The zero-order valence-electron chi connectivity index (χ0n) is 23.3. The van der Waals surface area contributed by atoms with E-state index in [4.69, 9.17) is 4.74 Å². The molecule has 2 aromatic carbocycles. The van der Waals surface area contributed by atoms with Gasteiger partial charge in [0.1, 0.15) is 17.9 Å². The van der Waals surface area contributed by atoms with Gasteiger partial charge < -0.3 is 9.84 Å². The second kappa shape index (κ2) is 11.9. The number of ether oxygens (including phenoxy) is 1. The molecule has 1 N–H and O–H groups in total. The number of nitrogens with zero attached hydrogens (tertiary/aromatic N) is 6. The predicted molar refractivity (Wildman–Crippen MR) is 158 cm³/mol. The number of para-hydroxylation sites is 1. The Labute approximate surface area is 243 Å². The molecule has 3 heterocycles. The molecule has 5 aromatic rings. The number of benzene rings is 2. The second-order valence-corrected chi connectivity index (χ2v) is 10.7. The highest BCUT2D eigenvalue weighted by Gasteiger charge is 2.33. The van der Waals surface area contributed by atoms with Crippen LogP contribution in [0.5, 0.6) is 5.75 Å². The maximum atomic E-state index is 13.9. The van der Waals surface area contributed by atoms with E-state index in [0.717, 1.165) is 42.6 Å². The largest absolute Gasteiger partial charge is 0.492 e. The normalized spacial score (nSPS) is 16.8. The van der Waals surface area contributed by atoms with Crippen LogP contribution in [0.3, 0.4) is 0 Å². The molecule has 0 unspecified atom stereocenters. The van der Waals surface area contributed by atoms with E-state index in [2.05, 4.69) is 22.1 Å². The number of hydrogen-bond donors (Lipinski definition) is 1. The lowest BCUT2D eigenvalue weighted by Crippen LogP contribution is -2.41. The molecule has 0 bridgehead atoms. The molecule has 6 rings (SSSR count). The van der Waals surface area contributed by atoms with Crippen LogP contribution in [0.2, 0.25) is 0 Å². The number of carboxylic acid groups (broad SMARTS) is 1. The Bertz CT molecular complexity index is 1650. The molecule has 0 radical (unpaired) electrons. The van der Waals surface area contributed by atoms with Gasteiger partial charge in [-0.05, 0) is 61.9 Å². The van der Waals surface area contributed by atoms with Gasteiger partial charge in [0.2, 0.25) is 5.91 Å². The Morgan fingerprint density at radius 2 is 1.76 bits per heavy atom. The van der Waals surface area contributed by atoms with Gasteiger partial charge in [-0.2, -0.15) is 5.10 Å². The Morgan fingerprint density at radius 3 is 2.48 bits per heavy atom. The highest BCUT2D eigenvalue weighted by atomic mass is 16.5.